The topological polar surface area (TPSA) is 80.9 Å². The second kappa shape index (κ2) is 7.48. The summed E-state index contributed by atoms with van der Waals surface area (Å²) in [5.74, 6) is 2.10. The van der Waals surface area contributed by atoms with Crippen molar-refractivity contribution in [1.29, 1.82) is 0 Å². The van der Waals surface area contributed by atoms with Crippen molar-refractivity contribution in [3.05, 3.63) is 52.2 Å². The SMILES string of the molecule is CCCSc1nc(N)c2c(n1)NC1=C(C(=O)CC(C)(C)C1)[C@@H]2c1ccc(C)cc1. The molecule has 1 aliphatic heterocycles. The normalized spacial score (nSPS) is 20.1. The van der Waals surface area contributed by atoms with E-state index in [9.17, 15) is 4.79 Å². The summed E-state index contributed by atoms with van der Waals surface area (Å²) in [6, 6.07) is 8.34. The Bertz CT molecular complexity index is 995. The van der Waals surface area contributed by atoms with Crippen LogP contribution >= 0.6 is 11.8 Å². The average molecular weight is 409 g/mol. The summed E-state index contributed by atoms with van der Waals surface area (Å²) >= 11 is 1.61. The summed E-state index contributed by atoms with van der Waals surface area (Å²) < 4.78 is 0. The van der Waals surface area contributed by atoms with Crippen LogP contribution in [0.5, 0.6) is 0 Å². The highest BCUT2D eigenvalue weighted by atomic mass is 32.2. The van der Waals surface area contributed by atoms with Crippen LogP contribution in [0.15, 0.2) is 40.7 Å². The molecule has 6 heteroatoms. The minimum absolute atomic E-state index is 0.0728. The van der Waals surface area contributed by atoms with E-state index >= 15 is 0 Å². The van der Waals surface area contributed by atoms with Gasteiger partial charge in [-0.25, -0.2) is 9.97 Å². The van der Waals surface area contributed by atoms with Gasteiger partial charge in [0.25, 0.3) is 0 Å². The van der Waals surface area contributed by atoms with E-state index in [1.165, 1.54) is 5.56 Å². The number of ketones is 1. The van der Waals surface area contributed by atoms with Gasteiger partial charge in [0.15, 0.2) is 10.9 Å². The fourth-order valence-corrected chi connectivity index (χ4v) is 4.97. The molecule has 0 spiro atoms. The number of hydrogen-bond acceptors (Lipinski definition) is 6. The number of thioether (sulfide) groups is 1. The molecule has 152 valence electrons. The van der Waals surface area contributed by atoms with E-state index in [2.05, 4.69) is 62.3 Å². The number of aryl methyl sites for hydroxylation is 1. The molecule has 1 aliphatic carbocycles. The van der Waals surface area contributed by atoms with Gasteiger partial charge in [0.05, 0.1) is 0 Å². The number of nitrogen functional groups attached to an aromatic ring is 1. The van der Waals surface area contributed by atoms with Crippen LogP contribution in [-0.4, -0.2) is 21.5 Å². The predicted octanol–water partition coefficient (Wildman–Crippen LogP) is 5.07. The highest BCUT2D eigenvalue weighted by Gasteiger charge is 2.42. The van der Waals surface area contributed by atoms with E-state index < -0.39 is 0 Å². The van der Waals surface area contributed by atoms with Gasteiger partial charge in [-0.15, -0.1) is 0 Å². The molecule has 2 heterocycles. The van der Waals surface area contributed by atoms with Crippen molar-refractivity contribution < 1.29 is 4.79 Å². The lowest BCUT2D eigenvalue weighted by atomic mass is 9.69. The second-order valence-corrected chi connectivity index (χ2v) is 9.87. The lowest BCUT2D eigenvalue weighted by molar-refractivity contribution is -0.118. The fraction of sp³-hybridized carbons (Fsp3) is 0.435. The monoisotopic (exact) mass is 408 g/mol. The molecule has 0 radical (unpaired) electrons. The number of anilines is 2. The van der Waals surface area contributed by atoms with Crippen molar-refractivity contribution in [1.82, 2.24) is 9.97 Å². The molecule has 3 N–H and O–H groups in total. The number of hydrogen-bond donors (Lipinski definition) is 2. The number of nitrogens with two attached hydrogens (primary N) is 1. The molecule has 1 atom stereocenters. The standard InChI is InChI=1S/C23H28N4OS/c1-5-10-29-22-26-20(24)19-17(14-8-6-13(2)7-9-14)18-15(25-21(19)27-22)11-23(3,4)12-16(18)28/h6-9,17H,5,10-12H2,1-4H3,(H3,24,25,26,27)/t17-/m0/s1. The number of allylic oxidation sites excluding steroid dienone is 2. The Hall–Kier alpha value is -2.34. The quantitative estimate of drug-likeness (QED) is 0.543. The van der Waals surface area contributed by atoms with Crippen LogP contribution in [0.4, 0.5) is 11.6 Å². The molecular weight excluding hydrogens is 380 g/mol. The number of carbonyl (C=O) groups is 1. The van der Waals surface area contributed by atoms with Gasteiger partial charge >= 0.3 is 0 Å². The summed E-state index contributed by atoms with van der Waals surface area (Å²) in [7, 11) is 0. The fourth-order valence-electron chi connectivity index (χ4n) is 4.26. The molecule has 0 fully saturated rings. The van der Waals surface area contributed by atoms with Crippen LogP contribution in [0.25, 0.3) is 0 Å². The third-order valence-corrected chi connectivity index (χ3v) is 6.62. The molecule has 29 heavy (non-hydrogen) atoms. The molecular formula is C23H28N4OS. The van der Waals surface area contributed by atoms with E-state index in [0.717, 1.165) is 46.8 Å². The molecule has 5 nitrogen and oxygen atoms in total. The van der Waals surface area contributed by atoms with Crippen LogP contribution < -0.4 is 11.1 Å². The zero-order valence-electron chi connectivity index (χ0n) is 17.5. The number of aromatic nitrogens is 2. The van der Waals surface area contributed by atoms with Gasteiger partial charge < -0.3 is 11.1 Å². The summed E-state index contributed by atoms with van der Waals surface area (Å²) in [6.45, 7) is 8.48. The largest absolute Gasteiger partial charge is 0.383 e. The first-order chi connectivity index (χ1) is 13.8. The van der Waals surface area contributed by atoms with Crippen LogP contribution in [-0.2, 0) is 4.79 Å². The van der Waals surface area contributed by atoms with Gasteiger partial charge in [0, 0.05) is 34.9 Å². The summed E-state index contributed by atoms with van der Waals surface area (Å²) in [5, 5.41) is 4.15. The van der Waals surface area contributed by atoms with Crippen molar-refractivity contribution in [2.75, 3.05) is 16.8 Å². The van der Waals surface area contributed by atoms with Gasteiger partial charge in [0.1, 0.15) is 11.6 Å². The zero-order chi connectivity index (χ0) is 20.8. The second-order valence-electron chi connectivity index (χ2n) is 8.80. The Kier molecular flexibility index (Phi) is 5.15. The van der Waals surface area contributed by atoms with Crippen molar-refractivity contribution in [2.24, 2.45) is 5.41 Å². The first-order valence-corrected chi connectivity index (χ1v) is 11.2. The van der Waals surface area contributed by atoms with Gasteiger partial charge in [-0.1, -0.05) is 62.4 Å². The van der Waals surface area contributed by atoms with Gasteiger partial charge in [0.2, 0.25) is 0 Å². The minimum atomic E-state index is -0.226. The van der Waals surface area contributed by atoms with Gasteiger partial charge in [-0.2, -0.15) is 0 Å². The van der Waals surface area contributed by atoms with Gasteiger partial charge in [-0.05, 0) is 30.7 Å². The summed E-state index contributed by atoms with van der Waals surface area (Å²) in [6.07, 6.45) is 2.40. The van der Waals surface area contributed by atoms with E-state index in [4.69, 9.17) is 10.7 Å². The molecule has 0 saturated heterocycles. The summed E-state index contributed by atoms with van der Waals surface area (Å²) in [5.41, 5.74) is 11.2. The zero-order valence-corrected chi connectivity index (χ0v) is 18.3. The number of rotatable bonds is 4. The molecule has 0 bridgehead atoms. The van der Waals surface area contributed by atoms with Crippen LogP contribution in [0, 0.1) is 12.3 Å². The Morgan fingerprint density at radius 3 is 2.62 bits per heavy atom. The number of nitrogens with zero attached hydrogens (tertiary/aromatic N) is 2. The number of nitrogens with one attached hydrogen (secondary N) is 1. The number of carbonyl (C=O) groups excluding carboxylic acids is 1. The van der Waals surface area contributed by atoms with Crippen molar-refractivity contribution in [3.8, 4) is 0 Å². The molecule has 0 unspecified atom stereocenters. The molecule has 1 aromatic carbocycles. The lowest BCUT2D eigenvalue weighted by Crippen LogP contribution is -2.34. The van der Waals surface area contributed by atoms with Crippen LogP contribution in [0.1, 0.15) is 62.6 Å². The highest BCUT2D eigenvalue weighted by Crippen LogP contribution is 2.50. The maximum Gasteiger partial charge on any atom is 0.191 e. The third kappa shape index (κ3) is 3.78. The van der Waals surface area contributed by atoms with E-state index in [-0.39, 0.29) is 17.1 Å². The Morgan fingerprint density at radius 1 is 1.21 bits per heavy atom. The van der Waals surface area contributed by atoms with Gasteiger partial charge in [-0.3, -0.25) is 4.79 Å². The van der Waals surface area contributed by atoms with E-state index in [0.29, 0.717) is 17.4 Å². The lowest BCUT2D eigenvalue weighted by Gasteiger charge is -2.39. The minimum Gasteiger partial charge on any atom is -0.383 e. The number of Topliss-reactive ketones (excluding diaryl/α,β-unsaturated/α-hetero) is 1. The Labute approximate surface area is 176 Å². The maximum absolute atomic E-state index is 13.2. The molecule has 2 aliphatic rings. The predicted molar refractivity (Wildman–Crippen MR) is 119 cm³/mol. The van der Waals surface area contributed by atoms with Crippen molar-refractivity contribution in [2.45, 2.75) is 58.0 Å². The smallest absolute Gasteiger partial charge is 0.191 e. The number of benzene rings is 1. The van der Waals surface area contributed by atoms with Crippen LogP contribution in [0.3, 0.4) is 0 Å². The average Bonchev–Trinajstić information content (AvgIpc) is 2.64. The third-order valence-electron chi connectivity index (χ3n) is 5.57. The van der Waals surface area contributed by atoms with Crippen molar-refractivity contribution >= 4 is 29.2 Å². The maximum atomic E-state index is 13.2. The number of fused-ring (bicyclic) bond motifs is 1. The van der Waals surface area contributed by atoms with Crippen LogP contribution in [0.2, 0.25) is 0 Å². The van der Waals surface area contributed by atoms with Crippen molar-refractivity contribution in [3.63, 3.8) is 0 Å². The summed E-state index contributed by atoms with van der Waals surface area (Å²) in [4.78, 5) is 22.6. The first kappa shape index (κ1) is 20.0. The van der Waals surface area contributed by atoms with E-state index in [1.54, 1.807) is 11.8 Å². The molecule has 0 amide bonds. The highest BCUT2D eigenvalue weighted by molar-refractivity contribution is 7.99. The first-order valence-electron chi connectivity index (χ1n) is 10.2. The Morgan fingerprint density at radius 2 is 1.93 bits per heavy atom. The molecule has 1 aromatic heterocycles. The van der Waals surface area contributed by atoms with E-state index in [1.807, 2.05) is 0 Å². The Balaban J connectivity index is 1.89. The molecule has 2 aromatic rings. The molecule has 4 rings (SSSR count). The molecule has 0 saturated carbocycles.